The van der Waals surface area contributed by atoms with Gasteiger partial charge >= 0.3 is 0 Å². The Bertz CT molecular complexity index is 543. The lowest BCUT2D eigenvalue weighted by molar-refractivity contribution is 0.485. The van der Waals surface area contributed by atoms with Crippen LogP contribution in [0.4, 0.5) is 8.78 Å². The van der Waals surface area contributed by atoms with Crippen molar-refractivity contribution in [3.63, 3.8) is 0 Å². The van der Waals surface area contributed by atoms with Gasteiger partial charge in [0.2, 0.25) is 0 Å². The molecular weight excluding hydrogens is 256 g/mol. The Morgan fingerprint density at radius 1 is 0.950 bits per heavy atom. The van der Waals surface area contributed by atoms with E-state index in [1.165, 1.54) is 23.8 Å². The van der Waals surface area contributed by atoms with Crippen LogP contribution >= 0.6 is 0 Å². The summed E-state index contributed by atoms with van der Waals surface area (Å²) >= 11 is 0. The quantitative estimate of drug-likeness (QED) is 0.886. The summed E-state index contributed by atoms with van der Waals surface area (Å²) in [5.41, 5.74) is 8.22. The first kappa shape index (κ1) is 14.7. The molecular formula is C17H19F2N. The summed E-state index contributed by atoms with van der Waals surface area (Å²) in [5.74, 6) is -0.955. The molecule has 106 valence electrons. The first-order valence-corrected chi connectivity index (χ1v) is 6.78. The molecule has 0 aliphatic carbocycles. The van der Waals surface area contributed by atoms with Crippen molar-refractivity contribution in [2.45, 2.75) is 19.8 Å². The van der Waals surface area contributed by atoms with Crippen molar-refractivity contribution in [2.24, 2.45) is 11.7 Å². The maximum atomic E-state index is 13.7. The van der Waals surface area contributed by atoms with Crippen LogP contribution in [0.2, 0.25) is 0 Å². The fourth-order valence-corrected chi connectivity index (χ4v) is 2.31. The molecule has 3 heteroatoms. The number of hydrogen-bond donors (Lipinski definition) is 1. The normalized spacial score (nSPS) is 12.4. The van der Waals surface area contributed by atoms with Crippen LogP contribution in [0.25, 0.3) is 0 Å². The highest BCUT2D eigenvalue weighted by Gasteiger charge is 2.15. The van der Waals surface area contributed by atoms with Crippen molar-refractivity contribution < 1.29 is 8.78 Å². The van der Waals surface area contributed by atoms with Gasteiger partial charge in [0.1, 0.15) is 11.6 Å². The SMILES string of the molecule is Cc1ccc(CC(CN)Cc2c(F)cccc2F)cc1. The number of rotatable bonds is 5. The maximum Gasteiger partial charge on any atom is 0.129 e. The van der Waals surface area contributed by atoms with Crippen molar-refractivity contribution in [3.8, 4) is 0 Å². The van der Waals surface area contributed by atoms with Crippen LogP contribution < -0.4 is 5.73 Å². The first-order valence-electron chi connectivity index (χ1n) is 6.78. The molecule has 0 fully saturated rings. The van der Waals surface area contributed by atoms with Crippen LogP contribution in [0, 0.1) is 24.5 Å². The largest absolute Gasteiger partial charge is 0.330 e. The molecule has 2 rings (SSSR count). The first-order chi connectivity index (χ1) is 9.60. The molecule has 0 heterocycles. The van der Waals surface area contributed by atoms with E-state index in [1.807, 2.05) is 31.2 Å². The van der Waals surface area contributed by atoms with Crippen molar-refractivity contribution in [1.29, 1.82) is 0 Å². The number of nitrogens with two attached hydrogens (primary N) is 1. The molecule has 0 bridgehead atoms. The predicted octanol–water partition coefficient (Wildman–Crippen LogP) is 3.63. The Kier molecular flexibility index (Phi) is 4.85. The van der Waals surface area contributed by atoms with Gasteiger partial charge in [-0.25, -0.2) is 8.78 Å². The Labute approximate surface area is 118 Å². The van der Waals surface area contributed by atoms with Crippen LogP contribution in [0.1, 0.15) is 16.7 Å². The summed E-state index contributed by atoms with van der Waals surface area (Å²) in [6, 6.07) is 12.1. The standard InChI is InChI=1S/C17H19F2N/c1-12-5-7-13(8-6-12)9-14(11-20)10-15-16(18)3-2-4-17(15)19/h2-8,14H,9-11,20H2,1H3. The minimum absolute atomic E-state index is 0.0316. The van der Waals surface area contributed by atoms with E-state index in [0.29, 0.717) is 13.0 Å². The third-order valence-corrected chi connectivity index (χ3v) is 3.53. The van der Waals surface area contributed by atoms with Crippen LogP contribution in [0.15, 0.2) is 42.5 Å². The van der Waals surface area contributed by atoms with Gasteiger partial charge in [0.15, 0.2) is 0 Å². The van der Waals surface area contributed by atoms with Gasteiger partial charge in [0, 0.05) is 5.56 Å². The predicted molar refractivity (Wildman–Crippen MR) is 77.5 cm³/mol. The highest BCUT2D eigenvalue weighted by Crippen LogP contribution is 2.19. The average Bonchev–Trinajstić information content (AvgIpc) is 2.44. The zero-order valence-electron chi connectivity index (χ0n) is 11.6. The van der Waals surface area contributed by atoms with Gasteiger partial charge in [-0.1, -0.05) is 35.9 Å². The molecule has 0 aromatic heterocycles. The lowest BCUT2D eigenvalue weighted by Gasteiger charge is -2.16. The average molecular weight is 275 g/mol. The maximum absolute atomic E-state index is 13.7. The molecule has 0 aliphatic rings. The highest BCUT2D eigenvalue weighted by molar-refractivity contribution is 5.23. The van der Waals surface area contributed by atoms with E-state index in [-0.39, 0.29) is 11.5 Å². The van der Waals surface area contributed by atoms with Gasteiger partial charge in [-0.05, 0) is 49.9 Å². The van der Waals surface area contributed by atoms with E-state index in [1.54, 1.807) is 0 Å². The topological polar surface area (TPSA) is 26.0 Å². The highest BCUT2D eigenvalue weighted by atomic mass is 19.1. The molecule has 0 saturated heterocycles. The Balaban J connectivity index is 2.11. The summed E-state index contributed by atoms with van der Waals surface area (Å²) in [6.45, 7) is 2.43. The third kappa shape index (κ3) is 3.64. The van der Waals surface area contributed by atoms with Gasteiger partial charge in [-0.15, -0.1) is 0 Å². The third-order valence-electron chi connectivity index (χ3n) is 3.53. The molecule has 0 aliphatic heterocycles. The van der Waals surface area contributed by atoms with E-state index in [0.717, 1.165) is 12.0 Å². The number of benzene rings is 2. The molecule has 2 aromatic rings. The van der Waals surface area contributed by atoms with E-state index in [4.69, 9.17) is 5.73 Å². The number of halogens is 2. The summed E-state index contributed by atoms with van der Waals surface area (Å²) in [4.78, 5) is 0. The van der Waals surface area contributed by atoms with Gasteiger partial charge in [0.25, 0.3) is 0 Å². The molecule has 20 heavy (non-hydrogen) atoms. The Morgan fingerprint density at radius 3 is 2.10 bits per heavy atom. The fourth-order valence-electron chi connectivity index (χ4n) is 2.31. The molecule has 1 atom stereocenters. The van der Waals surface area contributed by atoms with Crippen molar-refractivity contribution in [2.75, 3.05) is 6.54 Å². The Morgan fingerprint density at radius 2 is 1.55 bits per heavy atom. The summed E-state index contributed by atoms with van der Waals surface area (Å²) in [7, 11) is 0. The zero-order chi connectivity index (χ0) is 14.5. The Hall–Kier alpha value is -1.74. The van der Waals surface area contributed by atoms with Crippen molar-refractivity contribution in [1.82, 2.24) is 0 Å². The van der Waals surface area contributed by atoms with E-state index in [9.17, 15) is 8.78 Å². The van der Waals surface area contributed by atoms with Crippen molar-refractivity contribution >= 4 is 0 Å². The fraction of sp³-hybridized carbons (Fsp3) is 0.294. The molecule has 0 spiro atoms. The minimum atomic E-state index is -0.493. The van der Waals surface area contributed by atoms with Crippen LogP contribution in [0.5, 0.6) is 0 Å². The zero-order valence-corrected chi connectivity index (χ0v) is 11.6. The summed E-state index contributed by atoms with van der Waals surface area (Å²) in [5, 5.41) is 0. The monoisotopic (exact) mass is 275 g/mol. The summed E-state index contributed by atoms with van der Waals surface area (Å²) in [6.07, 6.45) is 1.05. The van der Waals surface area contributed by atoms with Gasteiger partial charge in [-0.3, -0.25) is 0 Å². The van der Waals surface area contributed by atoms with Gasteiger partial charge in [0.05, 0.1) is 0 Å². The molecule has 1 unspecified atom stereocenters. The van der Waals surface area contributed by atoms with E-state index in [2.05, 4.69) is 0 Å². The molecule has 2 N–H and O–H groups in total. The van der Waals surface area contributed by atoms with Crippen LogP contribution in [0.3, 0.4) is 0 Å². The number of aryl methyl sites for hydroxylation is 1. The number of hydrogen-bond acceptors (Lipinski definition) is 1. The summed E-state index contributed by atoms with van der Waals surface area (Å²) < 4.78 is 27.3. The molecule has 0 saturated carbocycles. The second kappa shape index (κ2) is 6.62. The van der Waals surface area contributed by atoms with E-state index >= 15 is 0 Å². The van der Waals surface area contributed by atoms with E-state index < -0.39 is 11.6 Å². The van der Waals surface area contributed by atoms with Crippen LogP contribution in [-0.4, -0.2) is 6.54 Å². The second-order valence-corrected chi connectivity index (χ2v) is 5.20. The lowest BCUT2D eigenvalue weighted by Crippen LogP contribution is -2.20. The van der Waals surface area contributed by atoms with Gasteiger partial charge < -0.3 is 5.73 Å². The minimum Gasteiger partial charge on any atom is -0.330 e. The van der Waals surface area contributed by atoms with Gasteiger partial charge in [-0.2, -0.15) is 0 Å². The lowest BCUT2D eigenvalue weighted by atomic mass is 9.92. The molecule has 0 amide bonds. The molecule has 0 radical (unpaired) electrons. The molecule has 1 nitrogen and oxygen atoms in total. The smallest absolute Gasteiger partial charge is 0.129 e. The second-order valence-electron chi connectivity index (χ2n) is 5.20. The van der Waals surface area contributed by atoms with Crippen molar-refractivity contribution in [3.05, 3.63) is 70.8 Å². The van der Waals surface area contributed by atoms with Crippen LogP contribution in [-0.2, 0) is 12.8 Å². The molecule has 2 aromatic carbocycles.